The molecule has 2 aromatic rings. The predicted molar refractivity (Wildman–Crippen MR) is 68.6 cm³/mol. The van der Waals surface area contributed by atoms with Gasteiger partial charge < -0.3 is 24.8 Å². The minimum atomic E-state index is -0.151. The average molecular weight is 283 g/mol. The number of aromatic hydroxyl groups is 1. The first-order valence-corrected chi connectivity index (χ1v) is 6.08. The predicted octanol–water partition coefficient (Wildman–Crippen LogP) is 2.44. The van der Waals surface area contributed by atoms with E-state index in [1.807, 2.05) is 0 Å². The van der Waals surface area contributed by atoms with Crippen molar-refractivity contribution in [1.29, 1.82) is 0 Å². The second-order valence-electron chi connectivity index (χ2n) is 4.08. The number of rotatable bonds is 1. The zero-order valence-corrected chi connectivity index (χ0v) is 10.6. The Morgan fingerprint density at radius 2 is 2.05 bits per heavy atom. The van der Waals surface area contributed by atoms with Gasteiger partial charge in [-0.3, -0.25) is 0 Å². The molecule has 0 fully saturated rings. The highest BCUT2D eigenvalue weighted by Crippen LogP contribution is 2.49. The Labute approximate surface area is 113 Å². The van der Waals surface area contributed by atoms with Gasteiger partial charge in [-0.05, 0) is 0 Å². The number of phenolic OH excluding ortho intramolecular Hbond substituents is 1. The van der Waals surface area contributed by atoms with Crippen LogP contribution in [0.2, 0.25) is 5.02 Å². The van der Waals surface area contributed by atoms with Crippen LogP contribution in [0, 0.1) is 0 Å². The number of nitrogens with two attached hydrogens (primary N) is 1. The van der Waals surface area contributed by atoms with Gasteiger partial charge in [-0.2, -0.15) is 0 Å². The molecule has 0 radical (unpaired) electrons. The lowest BCUT2D eigenvalue weighted by Crippen LogP contribution is -1.98. The molecule has 0 spiro atoms. The van der Waals surface area contributed by atoms with Crippen LogP contribution in [0.4, 0.5) is 5.82 Å². The minimum Gasteiger partial charge on any atom is -0.505 e. The van der Waals surface area contributed by atoms with Gasteiger partial charge in [-0.1, -0.05) is 16.8 Å². The van der Waals surface area contributed by atoms with Gasteiger partial charge in [0.2, 0.25) is 0 Å². The first kappa shape index (κ1) is 12.0. The fraction of sp³-hybridized carbons (Fsp3) is 0.250. The second-order valence-corrected chi connectivity index (χ2v) is 4.48. The monoisotopic (exact) mass is 282 g/mol. The molecule has 6 nitrogen and oxygen atoms in total. The van der Waals surface area contributed by atoms with Crippen molar-refractivity contribution >= 4 is 17.4 Å². The van der Waals surface area contributed by atoms with Crippen molar-refractivity contribution in [2.45, 2.75) is 6.42 Å². The lowest BCUT2D eigenvalue weighted by atomic mass is 10.1. The normalized spacial score (nSPS) is 14.2. The lowest BCUT2D eigenvalue weighted by molar-refractivity contribution is 0.296. The van der Waals surface area contributed by atoms with Crippen molar-refractivity contribution < 1.29 is 19.1 Å². The first-order chi connectivity index (χ1) is 9.16. The van der Waals surface area contributed by atoms with E-state index in [0.717, 1.165) is 6.42 Å². The summed E-state index contributed by atoms with van der Waals surface area (Å²) in [7, 11) is 0. The van der Waals surface area contributed by atoms with E-state index in [2.05, 4.69) is 5.16 Å². The Morgan fingerprint density at radius 1 is 1.26 bits per heavy atom. The molecule has 1 aliphatic heterocycles. The highest BCUT2D eigenvalue weighted by molar-refractivity contribution is 6.32. The van der Waals surface area contributed by atoms with Crippen molar-refractivity contribution in [3.8, 4) is 28.6 Å². The fourth-order valence-electron chi connectivity index (χ4n) is 1.90. The summed E-state index contributed by atoms with van der Waals surface area (Å²) in [6.45, 7) is 0.997. The molecule has 0 unspecified atom stereocenters. The van der Waals surface area contributed by atoms with E-state index < -0.39 is 0 Å². The van der Waals surface area contributed by atoms with Crippen LogP contribution in [0.1, 0.15) is 6.42 Å². The van der Waals surface area contributed by atoms with Crippen molar-refractivity contribution in [3.63, 3.8) is 0 Å². The number of aromatic nitrogens is 1. The van der Waals surface area contributed by atoms with E-state index in [1.165, 1.54) is 12.1 Å². The number of anilines is 1. The Kier molecular flexibility index (Phi) is 2.87. The molecule has 1 aliphatic rings. The smallest absolute Gasteiger partial charge is 0.176 e. The number of fused-ring (bicyclic) bond motifs is 1. The summed E-state index contributed by atoms with van der Waals surface area (Å²) in [6.07, 6.45) is 0.741. The van der Waals surface area contributed by atoms with E-state index in [4.69, 9.17) is 31.3 Å². The molecule has 0 bridgehead atoms. The summed E-state index contributed by atoms with van der Waals surface area (Å²) in [5.74, 6) is 1.18. The summed E-state index contributed by atoms with van der Waals surface area (Å²) in [6, 6.07) is 3.00. The van der Waals surface area contributed by atoms with Gasteiger partial charge in [0.15, 0.2) is 23.1 Å². The van der Waals surface area contributed by atoms with Crippen molar-refractivity contribution in [2.24, 2.45) is 0 Å². The van der Waals surface area contributed by atoms with Crippen LogP contribution in [0.3, 0.4) is 0 Å². The lowest BCUT2D eigenvalue weighted by Gasteiger charge is -2.13. The molecule has 0 saturated heterocycles. The van der Waals surface area contributed by atoms with Gasteiger partial charge in [0, 0.05) is 18.6 Å². The van der Waals surface area contributed by atoms with Gasteiger partial charge in [-0.15, -0.1) is 0 Å². The number of nitrogen functional groups attached to an aromatic ring is 1. The third-order valence-electron chi connectivity index (χ3n) is 2.74. The molecule has 100 valence electrons. The van der Waals surface area contributed by atoms with Crippen LogP contribution in [0.5, 0.6) is 17.2 Å². The molecule has 7 heteroatoms. The quantitative estimate of drug-likeness (QED) is 0.835. The summed E-state index contributed by atoms with van der Waals surface area (Å²) in [5.41, 5.74) is 5.82. The van der Waals surface area contributed by atoms with Crippen LogP contribution in [0.25, 0.3) is 11.3 Å². The Hall–Kier alpha value is -2.08. The van der Waals surface area contributed by atoms with E-state index >= 15 is 0 Å². The van der Waals surface area contributed by atoms with Gasteiger partial charge >= 0.3 is 0 Å². The molecule has 0 atom stereocenters. The van der Waals surface area contributed by atoms with Crippen LogP contribution in [0.15, 0.2) is 16.7 Å². The largest absolute Gasteiger partial charge is 0.505 e. The van der Waals surface area contributed by atoms with Gasteiger partial charge in [0.1, 0.15) is 11.3 Å². The van der Waals surface area contributed by atoms with Crippen LogP contribution in [-0.4, -0.2) is 23.5 Å². The first-order valence-electron chi connectivity index (χ1n) is 5.70. The van der Waals surface area contributed by atoms with Gasteiger partial charge in [0.25, 0.3) is 0 Å². The van der Waals surface area contributed by atoms with E-state index in [9.17, 15) is 5.11 Å². The Morgan fingerprint density at radius 3 is 2.79 bits per heavy atom. The molecule has 1 aromatic carbocycles. The maximum absolute atomic E-state index is 10.1. The zero-order chi connectivity index (χ0) is 13.4. The SMILES string of the molecule is Nc1cc(-c2c(O)c(Cl)cc3c2OCCCO3)on1. The van der Waals surface area contributed by atoms with E-state index in [-0.39, 0.29) is 22.4 Å². The standard InChI is InChI=1S/C12H11ClN2O4/c13-6-4-8-12(18-3-1-2-17-8)10(11(6)16)7-5-9(14)15-19-7/h4-5,16H,1-3H2,(H2,14,15). The van der Waals surface area contributed by atoms with Crippen molar-refractivity contribution in [2.75, 3.05) is 18.9 Å². The highest BCUT2D eigenvalue weighted by atomic mass is 35.5. The maximum atomic E-state index is 10.1. The molecular weight excluding hydrogens is 272 g/mol. The molecular formula is C12H11ClN2O4. The number of ether oxygens (including phenoxy) is 2. The number of hydrogen-bond acceptors (Lipinski definition) is 6. The third-order valence-corrected chi connectivity index (χ3v) is 3.03. The second kappa shape index (κ2) is 4.55. The molecule has 1 aromatic heterocycles. The van der Waals surface area contributed by atoms with E-state index in [0.29, 0.717) is 30.3 Å². The van der Waals surface area contributed by atoms with E-state index in [1.54, 1.807) is 0 Å². The third kappa shape index (κ3) is 2.04. The highest BCUT2D eigenvalue weighted by Gasteiger charge is 2.25. The molecule has 3 N–H and O–H groups in total. The number of nitrogens with zero attached hydrogens (tertiary/aromatic N) is 1. The molecule has 3 rings (SSSR count). The van der Waals surface area contributed by atoms with Crippen LogP contribution >= 0.6 is 11.6 Å². The van der Waals surface area contributed by atoms with Gasteiger partial charge in [-0.25, -0.2) is 0 Å². The number of hydrogen-bond donors (Lipinski definition) is 2. The fourth-order valence-corrected chi connectivity index (χ4v) is 2.09. The summed E-state index contributed by atoms with van der Waals surface area (Å²) >= 11 is 5.98. The topological polar surface area (TPSA) is 90.7 Å². The molecule has 19 heavy (non-hydrogen) atoms. The molecule has 2 heterocycles. The number of phenols is 1. The maximum Gasteiger partial charge on any atom is 0.176 e. The number of benzene rings is 1. The Balaban J connectivity index is 2.24. The summed E-state index contributed by atoms with van der Waals surface area (Å²) in [4.78, 5) is 0. The van der Waals surface area contributed by atoms with Gasteiger partial charge in [0.05, 0.1) is 18.2 Å². The zero-order valence-electron chi connectivity index (χ0n) is 9.85. The minimum absolute atomic E-state index is 0.147. The average Bonchev–Trinajstić information content (AvgIpc) is 2.67. The molecule has 0 aliphatic carbocycles. The summed E-state index contributed by atoms with van der Waals surface area (Å²) < 4.78 is 16.2. The Bertz CT molecular complexity index is 626. The number of halogens is 1. The van der Waals surface area contributed by atoms with Crippen LogP contribution < -0.4 is 15.2 Å². The van der Waals surface area contributed by atoms with Crippen molar-refractivity contribution in [3.05, 3.63) is 17.2 Å². The molecule has 0 amide bonds. The summed E-state index contributed by atoms with van der Waals surface area (Å²) in [5, 5.41) is 13.8. The molecule has 0 saturated carbocycles. The van der Waals surface area contributed by atoms with Crippen molar-refractivity contribution in [1.82, 2.24) is 5.16 Å². The van der Waals surface area contributed by atoms with Crippen LogP contribution in [-0.2, 0) is 0 Å².